The van der Waals surface area contributed by atoms with Crippen molar-refractivity contribution < 1.29 is 28.8 Å². The summed E-state index contributed by atoms with van der Waals surface area (Å²) in [7, 11) is 1.14. The zero-order valence-electron chi connectivity index (χ0n) is 15.0. The van der Waals surface area contributed by atoms with E-state index in [1.165, 1.54) is 0 Å². The summed E-state index contributed by atoms with van der Waals surface area (Å²) in [6.07, 6.45) is 2.57. The van der Waals surface area contributed by atoms with E-state index in [4.69, 9.17) is 19.2 Å². The molecular weight excluding hydrogens is 327 g/mol. The molecule has 141 valence electrons. The summed E-state index contributed by atoms with van der Waals surface area (Å²) in [4.78, 5) is 24.1. The van der Waals surface area contributed by atoms with Crippen LogP contribution in [0.5, 0.6) is 0 Å². The van der Waals surface area contributed by atoms with Gasteiger partial charge in [0.2, 0.25) is 6.79 Å². The minimum absolute atomic E-state index is 0.153. The Morgan fingerprint density at radius 3 is 2.84 bits per heavy atom. The molecule has 2 saturated heterocycles. The number of carbonyl (C=O) groups excluding carboxylic acids is 2. The minimum atomic E-state index is -0.852. The van der Waals surface area contributed by atoms with Gasteiger partial charge in [-0.1, -0.05) is 19.2 Å². The Bertz CT molecular complexity index is 464. The highest BCUT2D eigenvalue weighted by molar-refractivity contribution is 6.25. The zero-order valence-corrected chi connectivity index (χ0v) is 15.0. The first-order valence-corrected chi connectivity index (χ1v) is 8.94. The van der Waals surface area contributed by atoms with Crippen LogP contribution in [0.15, 0.2) is 0 Å². The van der Waals surface area contributed by atoms with Gasteiger partial charge in [-0.3, -0.25) is 0 Å². The minimum Gasteiger partial charge on any atom is -0.454 e. The van der Waals surface area contributed by atoms with E-state index in [-0.39, 0.29) is 18.1 Å². The lowest BCUT2D eigenvalue weighted by Gasteiger charge is -2.32. The SMILES string of the molecule is CC(C)OC(=O)OCOC(=O)[C@]1(CCCC[B]O)NC[C@@H]2NCC[C@@H]21. The van der Waals surface area contributed by atoms with Crippen LogP contribution in [0.25, 0.3) is 0 Å². The Balaban J connectivity index is 1.90. The first-order chi connectivity index (χ1) is 12.0. The average molecular weight is 355 g/mol. The lowest BCUT2D eigenvalue weighted by Crippen LogP contribution is -2.53. The third kappa shape index (κ3) is 5.09. The zero-order chi connectivity index (χ0) is 18.3. The lowest BCUT2D eigenvalue weighted by atomic mass is 9.78. The standard InChI is InChI=1S/C16H28BN2O6/c1-11(2)25-15(21)24-10-23-14(20)16(6-3-4-7-17-22)12-5-8-18-13(12)9-19-16/h11-13,18-19,22H,3-10H2,1-2H3/t12-,13-,16+/m0/s1. The van der Waals surface area contributed by atoms with Crippen molar-refractivity contribution in [2.75, 3.05) is 19.9 Å². The van der Waals surface area contributed by atoms with Gasteiger partial charge in [0.05, 0.1) is 6.10 Å². The Kier molecular flexibility index (Phi) is 7.52. The predicted octanol–water partition coefficient (Wildman–Crippen LogP) is 0.569. The molecule has 1 radical (unpaired) electrons. The Hall–Kier alpha value is -1.32. The first-order valence-electron chi connectivity index (χ1n) is 8.94. The molecule has 3 N–H and O–H groups in total. The Labute approximate surface area is 149 Å². The van der Waals surface area contributed by atoms with Crippen molar-refractivity contribution in [1.82, 2.24) is 10.6 Å². The molecule has 25 heavy (non-hydrogen) atoms. The van der Waals surface area contributed by atoms with Crippen LogP contribution in [0, 0.1) is 5.92 Å². The number of hydrogen-bond acceptors (Lipinski definition) is 8. The summed E-state index contributed by atoms with van der Waals surface area (Å²) in [5, 5.41) is 15.6. The van der Waals surface area contributed by atoms with Crippen molar-refractivity contribution in [3.8, 4) is 0 Å². The predicted molar refractivity (Wildman–Crippen MR) is 90.9 cm³/mol. The third-order valence-corrected chi connectivity index (χ3v) is 4.84. The fourth-order valence-electron chi connectivity index (χ4n) is 3.72. The van der Waals surface area contributed by atoms with E-state index in [0.29, 0.717) is 19.3 Å². The van der Waals surface area contributed by atoms with Gasteiger partial charge in [0.25, 0.3) is 7.48 Å². The molecule has 0 aromatic rings. The number of unbranched alkanes of at least 4 members (excludes halogenated alkanes) is 1. The van der Waals surface area contributed by atoms with Crippen molar-refractivity contribution in [2.45, 2.75) is 63.5 Å². The van der Waals surface area contributed by atoms with Gasteiger partial charge >= 0.3 is 12.1 Å². The number of nitrogens with one attached hydrogen (secondary N) is 2. The largest absolute Gasteiger partial charge is 0.511 e. The van der Waals surface area contributed by atoms with E-state index in [1.807, 2.05) is 0 Å². The molecule has 0 saturated carbocycles. The number of fused-ring (bicyclic) bond motifs is 1. The summed E-state index contributed by atoms with van der Waals surface area (Å²) in [6, 6.07) is 0.253. The second-order valence-electron chi connectivity index (χ2n) is 6.85. The number of hydrogen-bond donors (Lipinski definition) is 3. The summed E-state index contributed by atoms with van der Waals surface area (Å²) < 4.78 is 14.9. The van der Waals surface area contributed by atoms with Gasteiger partial charge in [-0.05, 0) is 33.2 Å². The molecule has 0 unspecified atom stereocenters. The molecule has 3 atom stereocenters. The van der Waals surface area contributed by atoms with Crippen LogP contribution in [-0.2, 0) is 19.0 Å². The van der Waals surface area contributed by atoms with Gasteiger partial charge in [-0.25, -0.2) is 9.59 Å². The van der Waals surface area contributed by atoms with Gasteiger partial charge < -0.3 is 29.9 Å². The van der Waals surface area contributed by atoms with Crippen LogP contribution in [0.1, 0.15) is 39.5 Å². The Morgan fingerprint density at radius 1 is 1.32 bits per heavy atom. The maximum Gasteiger partial charge on any atom is 0.511 e. The maximum atomic E-state index is 12.8. The van der Waals surface area contributed by atoms with Crippen molar-refractivity contribution >= 4 is 19.6 Å². The van der Waals surface area contributed by atoms with Gasteiger partial charge in [0.15, 0.2) is 0 Å². The molecule has 2 rings (SSSR count). The maximum absolute atomic E-state index is 12.8. The lowest BCUT2D eigenvalue weighted by molar-refractivity contribution is -0.163. The molecule has 0 spiro atoms. The molecule has 0 aliphatic carbocycles. The highest BCUT2D eigenvalue weighted by Gasteiger charge is 2.55. The van der Waals surface area contributed by atoms with Crippen molar-refractivity contribution in [3.63, 3.8) is 0 Å². The molecule has 9 heteroatoms. The smallest absolute Gasteiger partial charge is 0.454 e. The van der Waals surface area contributed by atoms with Crippen LogP contribution in [0.2, 0.25) is 6.32 Å². The summed E-state index contributed by atoms with van der Waals surface area (Å²) >= 11 is 0. The number of carbonyl (C=O) groups is 2. The molecule has 0 amide bonds. The van der Waals surface area contributed by atoms with Crippen molar-refractivity contribution in [2.24, 2.45) is 5.92 Å². The number of ether oxygens (including phenoxy) is 3. The normalized spacial score (nSPS) is 27.8. The van der Waals surface area contributed by atoms with E-state index in [9.17, 15) is 9.59 Å². The van der Waals surface area contributed by atoms with Crippen LogP contribution >= 0.6 is 0 Å². The molecule has 0 aromatic heterocycles. The van der Waals surface area contributed by atoms with Gasteiger partial charge in [0, 0.05) is 18.5 Å². The molecule has 2 fully saturated rings. The first kappa shape index (κ1) is 20.0. The van der Waals surface area contributed by atoms with Crippen LogP contribution in [0.3, 0.4) is 0 Å². The number of esters is 1. The second-order valence-corrected chi connectivity index (χ2v) is 6.85. The molecular formula is C16H28BN2O6. The van der Waals surface area contributed by atoms with Crippen molar-refractivity contribution in [3.05, 3.63) is 0 Å². The van der Waals surface area contributed by atoms with Gasteiger partial charge in [0.1, 0.15) is 5.54 Å². The summed E-state index contributed by atoms with van der Waals surface area (Å²) in [5.41, 5.74) is -0.769. The molecule has 8 nitrogen and oxygen atoms in total. The van der Waals surface area contributed by atoms with Crippen molar-refractivity contribution in [1.29, 1.82) is 0 Å². The monoisotopic (exact) mass is 355 g/mol. The van der Waals surface area contributed by atoms with E-state index in [2.05, 4.69) is 10.6 Å². The van der Waals surface area contributed by atoms with E-state index in [0.717, 1.165) is 33.3 Å². The topological polar surface area (TPSA) is 106 Å². The van der Waals surface area contributed by atoms with E-state index < -0.39 is 24.5 Å². The molecule has 0 bridgehead atoms. The molecule has 2 heterocycles. The molecule has 2 aliphatic heterocycles. The fraction of sp³-hybridized carbons (Fsp3) is 0.875. The highest BCUT2D eigenvalue weighted by atomic mass is 16.8. The summed E-state index contributed by atoms with van der Waals surface area (Å²) in [6.45, 7) is 4.56. The van der Waals surface area contributed by atoms with Gasteiger partial charge in [-0.2, -0.15) is 0 Å². The fourth-order valence-corrected chi connectivity index (χ4v) is 3.72. The highest BCUT2D eigenvalue weighted by Crippen LogP contribution is 2.38. The third-order valence-electron chi connectivity index (χ3n) is 4.84. The van der Waals surface area contributed by atoms with Crippen LogP contribution in [0.4, 0.5) is 4.79 Å². The van der Waals surface area contributed by atoms with Crippen LogP contribution in [-0.4, -0.2) is 62.2 Å². The van der Waals surface area contributed by atoms with Crippen LogP contribution < -0.4 is 10.6 Å². The average Bonchev–Trinajstić information content (AvgIpc) is 3.14. The quantitative estimate of drug-likeness (QED) is 0.239. The van der Waals surface area contributed by atoms with E-state index >= 15 is 0 Å². The summed E-state index contributed by atoms with van der Waals surface area (Å²) in [5.74, 6) is -0.241. The second kappa shape index (κ2) is 9.40. The molecule has 2 aliphatic rings. The molecule has 0 aromatic carbocycles. The number of rotatable bonds is 9. The van der Waals surface area contributed by atoms with Gasteiger partial charge in [-0.15, -0.1) is 0 Å². The van der Waals surface area contributed by atoms with E-state index in [1.54, 1.807) is 13.8 Å². The Morgan fingerprint density at radius 2 is 2.12 bits per heavy atom.